The maximum atomic E-state index is 12.4. The summed E-state index contributed by atoms with van der Waals surface area (Å²) in [6, 6.07) is 4.71. The summed E-state index contributed by atoms with van der Waals surface area (Å²) in [7, 11) is 0. The lowest BCUT2D eigenvalue weighted by Crippen LogP contribution is -2.17. The number of aryl methyl sites for hydroxylation is 1. The van der Waals surface area contributed by atoms with E-state index in [1.165, 1.54) is 13.0 Å². The van der Waals surface area contributed by atoms with Crippen LogP contribution in [0.1, 0.15) is 49.4 Å². The van der Waals surface area contributed by atoms with E-state index in [-0.39, 0.29) is 17.0 Å². The van der Waals surface area contributed by atoms with Crippen LogP contribution in [0.4, 0.5) is 0 Å². The molecule has 0 spiro atoms. The summed E-state index contributed by atoms with van der Waals surface area (Å²) < 4.78 is 15.9. The SMILES string of the molecule is CC(=O)c1c(C)[nH]c(C(=O)COC(=O)c2ccc3c(c2)OCCO3)c1C. The lowest BCUT2D eigenvalue weighted by Gasteiger charge is -2.18. The number of carbonyl (C=O) groups is 3. The smallest absolute Gasteiger partial charge is 0.338 e. The Morgan fingerprint density at radius 2 is 1.81 bits per heavy atom. The van der Waals surface area contributed by atoms with Gasteiger partial charge in [0.2, 0.25) is 5.78 Å². The summed E-state index contributed by atoms with van der Waals surface area (Å²) in [6.45, 7) is 5.30. The van der Waals surface area contributed by atoms with Crippen LogP contribution in [-0.2, 0) is 4.74 Å². The van der Waals surface area contributed by atoms with Gasteiger partial charge in [-0.15, -0.1) is 0 Å². The number of benzene rings is 1. The number of aromatic amines is 1. The Labute approximate surface area is 150 Å². The average molecular weight is 357 g/mol. The number of fused-ring (bicyclic) bond motifs is 1. The van der Waals surface area contributed by atoms with E-state index in [2.05, 4.69) is 4.98 Å². The van der Waals surface area contributed by atoms with Crippen molar-refractivity contribution in [3.63, 3.8) is 0 Å². The minimum atomic E-state index is -0.636. The zero-order valence-corrected chi connectivity index (χ0v) is 14.8. The quantitative estimate of drug-likeness (QED) is 0.653. The zero-order valence-electron chi connectivity index (χ0n) is 14.8. The van der Waals surface area contributed by atoms with E-state index in [0.717, 1.165) is 0 Å². The van der Waals surface area contributed by atoms with Gasteiger partial charge in [-0.3, -0.25) is 9.59 Å². The van der Waals surface area contributed by atoms with Gasteiger partial charge >= 0.3 is 5.97 Å². The monoisotopic (exact) mass is 357 g/mol. The molecule has 0 bridgehead atoms. The molecule has 7 nitrogen and oxygen atoms in total. The molecule has 1 N–H and O–H groups in total. The van der Waals surface area contributed by atoms with E-state index in [4.69, 9.17) is 14.2 Å². The summed E-state index contributed by atoms with van der Waals surface area (Å²) in [5.74, 6) is -0.118. The Balaban J connectivity index is 1.69. The molecule has 0 radical (unpaired) electrons. The van der Waals surface area contributed by atoms with Crippen molar-refractivity contribution < 1.29 is 28.6 Å². The average Bonchev–Trinajstić information content (AvgIpc) is 2.93. The number of H-pyrrole nitrogens is 1. The minimum absolute atomic E-state index is 0.122. The van der Waals surface area contributed by atoms with Gasteiger partial charge in [-0.25, -0.2) is 4.79 Å². The van der Waals surface area contributed by atoms with E-state index in [0.29, 0.717) is 41.5 Å². The van der Waals surface area contributed by atoms with Gasteiger partial charge in [-0.1, -0.05) is 0 Å². The molecule has 1 aromatic carbocycles. The second-order valence-corrected chi connectivity index (χ2v) is 6.04. The molecular formula is C19H19NO6. The standard InChI is InChI=1S/C19H19NO6/c1-10-17(12(3)21)11(2)20-18(10)14(22)9-26-19(23)13-4-5-15-16(8-13)25-7-6-24-15/h4-5,8,20H,6-7,9H2,1-3H3. The van der Waals surface area contributed by atoms with Crippen molar-refractivity contribution in [1.82, 2.24) is 4.98 Å². The Morgan fingerprint density at radius 1 is 1.12 bits per heavy atom. The van der Waals surface area contributed by atoms with E-state index < -0.39 is 18.4 Å². The molecule has 0 aliphatic carbocycles. The Morgan fingerprint density at radius 3 is 2.46 bits per heavy atom. The lowest BCUT2D eigenvalue weighted by molar-refractivity contribution is 0.0472. The Hall–Kier alpha value is -3.09. The summed E-state index contributed by atoms with van der Waals surface area (Å²) in [4.78, 5) is 39.1. The van der Waals surface area contributed by atoms with Crippen LogP contribution in [0.15, 0.2) is 18.2 Å². The molecule has 0 fully saturated rings. The van der Waals surface area contributed by atoms with Gasteiger partial charge in [0.1, 0.15) is 13.2 Å². The van der Waals surface area contributed by atoms with Gasteiger partial charge in [0.25, 0.3) is 0 Å². The fraction of sp³-hybridized carbons (Fsp3) is 0.316. The number of hydrogen-bond donors (Lipinski definition) is 1. The molecule has 3 rings (SSSR count). The van der Waals surface area contributed by atoms with E-state index >= 15 is 0 Å². The molecule has 2 aromatic rings. The zero-order chi connectivity index (χ0) is 18.8. The number of nitrogens with one attached hydrogen (secondary N) is 1. The van der Waals surface area contributed by atoms with E-state index in [9.17, 15) is 14.4 Å². The molecule has 0 unspecified atom stereocenters. The van der Waals surface area contributed by atoms with Gasteiger partial charge < -0.3 is 19.2 Å². The number of hydrogen-bond acceptors (Lipinski definition) is 6. The van der Waals surface area contributed by atoms with Crippen LogP contribution in [0.3, 0.4) is 0 Å². The molecule has 7 heteroatoms. The van der Waals surface area contributed by atoms with Gasteiger partial charge in [0, 0.05) is 11.3 Å². The van der Waals surface area contributed by atoms with Crippen LogP contribution in [0.5, 0.6) is 11.5 Å². The highest BCUT2D eigenvalue weighted by molar-refractivity contribution is 6.04. The first-order valence-corrected chi connectivity index (χ1v) is 8.18. The maximum Gasteiger partial charge on any atom is 0.338 e. The molecule has 1 aliphatic heterocycles. The van der Waals surface area contributed by atoms with Crippen LogP contribution in [0, 0.1) is 13.8 Å². The third-order valence-electron chi connectivity index (χ3n) is 4.18. The summed E-state index contributed by atoms with van der Waals surface area (Å²) >= 11 is 0. The van der Waals surface area contributed by atoms with Crippen molar-refractivity contribution in [3.05, 3.63) is 46.3 Å². The topological polar surface area (TPSA) is 94.7 Å². The molecule has 1 aromatic heterocycles. The highest BCUT2D eigenvalue weighted by Gasteiger charge is 2.21. The van der Waals surface area contributed by atoms with Gasteiger partial charge in [-0.2, -0.15) is 0 Å². The first-order valence-electron chi connectivity index (χ1n) is 8.18. The third kappa shape index (κ3) is 3.33. The normalized spacial score (nSPS) is 12.6. The van der Waals surface area contributed by atoms with Crippen LogP contribution in [-0.4, -0.2) is 42.3 Å². The van der Waals surface area contributed by atoms with E-state index in [1.807, 2.05) is 0 Å². The van der Waals surface area contributed by atoms with E-state index in [1.54, 1.807) is 26.0 Å². The van der Waals surface area contributed by atoms with Crippen molar-refractivity contribution in [2.45, 2.75) is 20.8 Å². The maximum absolute atomic E-state index is 12.4. The van der Waals surface area contributed by atoms with Crippen molar-refractivity contribution in [1.29, 1.82) is 0 Å². The Bertz CT molecular complexity index is 896. The second-order valence-electron chi connectivity index (χ2n) is 6.04. The number of aromatic nitrogens is 1. The van der Waals surface area contributed by atoms with Crippen molar-refractivity contribution in [3.8, 4) is 11.5 Å². The summed E-state index contributed by atoms with van der Waals surface area (Å²) in [6.07, 6.45) is 0. The molecule has 136 valence electrons. The summed E-state index contributed by atoms with van der Waals surface area (Å²) in [5, 5.41) is 0. The fourth-order valence-corrected chi connectivity index (χ4v) is 3.01. The molecule has 0 atom stereocenters. The largest absolute Gasteiger partial charge is 0.486 e. The number of rotatable bonds is 5. The highest BCUT2D eigenvalue weighted by atomic mass is 16.6. The molecular weight excluding hydrogens is 338 g/mol. The summed E-state index contributed by atoms with van der Waals surface area (Å²) in [5.41, 5.74) is 2.23. The lowest BCUT2D eigenvalue weighted by atomic mass is 10.1. The van der Waals surface area contributed by atoms with Crippen molar-refractivity contribution in [2.75, 3.05) is 19.8 Å². The van der Waals surface area contributed by atoms with Crippen LogP contribution < -0.4 is 9.47 Å². The number of ketones is 2. The predicted octanol–water partition coefficient (Wildman–Crippen LogP) is 2.65. The second kappa shape index (κ2) is 7.03. The fourth-order valence-electron chi connectivity index (χ4n) is 3.01. The Kier molecular flexibility index (Phi) is 4.79. The van der Waals surface area contributed by atoms with Crippen LogP contribution in [0.2, 0.25) is 0 Å². The number of Topliss-reactive ketones (excluding diaryl/α,β-unsaturated/α-hetero) is 2. The number of carbonyl (C=O) groups excluding carboxylic acids is 3. The molecule has 2 heterocycles. The number of esters is 1. The van der Waals surface area contributed by atoms with Crippen LogP contribution in [0.25, 0.3) is 0 Å². The molecule has 26 heavy (non-hydrogen) atoms. The van der Waals surface area contributed by atoms with Crippen LogP contribution >= 0.6 is 0 Å². The van der Waals surface area contributed by atoms with Crippen molar-refractivity contribution in [2.24, 2.45) is 0 Å². The molecule has 0 saturated carbocycles. The van der Waals surface area contributed by atoms with Gasteiger partial charge in [0.05, 0.1) is 11.3 Å². The molecule has 0 amide bonds. The number of ether oxygens (including phenoxy) is 3. The predicted molar refractivity (Wildman–Crippen MR) is 92.3 cm³/mol. The first-order chi connectivity index (χ1) is 12.4. The molecule has 1 aliphatic rings. The van der Waals surface area contributed by atoms with Gasteiger partial charge in [-0.05, 0) is 44.5 Å². The molecule has 0 saturated heterocycles. The first kappa shape index (κ1) is 17.7. The minimum Gasteiger partial charge on any atom is -0.486 e. The van der Waals surface area contributed by atoms with Gasteiger partial charge in [0.15, 0.2) is 23.9 Å². The highest BCUT2D eigenvalue weighted by Crippen LogP contribution is 2.31. The third-order valence-corrected chi connectivity index (χ3v) is 4.18. The van der Waals surface area contributed by atoms with Crippen molar-refractivity contribution >= 4 is 17.5 Å².